The van der Waals surface area contributed by atoms with Crippen molar-refractivity contribution in [2.24, 2.45) is 0 Å². The molecule has 0 spiro atoms. The summed E-state index contributed by atoms with van der Waals surface area (Å²) in [6.45, 7) is 6.12. The molecular formula is C17H20N2O4S2. The van der Waals surface area contributed by atoms with E-state index in [4.69, 9.17) is 9.47 Å². The lowest BCUT2D eigenvalue weighted by atomic mass is 10.2. The topological polar surface area (TPSA) is 78.4 Å². The smallest absolute Gasteiger partial charge is 0.340 e. The lowest BCUT2D eigenvalue weighted by Gasteiger charge is -2.06. The van der Waals surface area contributed by atoms with Crippen LogP contribution in [0.1, 0.15) is 40.5 Å². The highest BCUT2D eigenvalue weighted by atomic mass is 32.2. The Labute approximate surface area is 155 Å². The van der Waals surface area contributed by atoms with Gasteiger partial charge in [0, 0.05) is 16.8 Å². The van der Waals surface area contributed by atoms with Crippen LogP contribution in [-0.2, 0) is 26.4 Å². The quantitative estimate of drug-likeness (QED) is 0.513. The minimum atomic E-state index is -0.371. The Morgan fingerprint density at radius 1 is 1.24 bits per heavy atom. The molecule has 0 saturated carbocycles. The van der Waals surface area contributed by atoms with Crippen molar-refractivity contribution in [2.75, 3.05) is 13.2 Å². The Hall–Kier alpha value is -1.93. The van der Waals surface area contributed by atoms with Crippen LogP contribution in [0.3, 0.4) is 0 Å². The second kappa shape index (κ2) is 9.53. The van der Waals surface area contributed by atoms with Gasteiger partial charge in [0.1, 0.15) is 0 Å². The molecule has 0 radical (unpaired) electrons. The van der Waals surface area contributed by atoms with Crippen molar-refractivity contribution >= 4 is 35.0 Å². The molecule has 2 aromatic rings. The first-order valence-corrected chi connectivity index (χ1v) is 9.71. The number of carbonyl (C=O) groups is 2. The first kappa shape index (κ1) is 19.4. The van der Waals surface area contributed by atoms with Crippen molar-refractivity contribution < 1.29 is 19.1 Å². The van der Waals surface area contributed by atoms with E-state index >= 15 is 0 Å². The van der Waals surface area contributed by atoms with Crippen molar-refractivity contribution in [2.45, 2.75) is 37.3 Å². The van der Waals surface area contributed by atoms with Crippen LogP contribution in [-0.4, -0.2) is 35.1 Å². The number of nitrogens with zero attached hydrogens (tertiary/aromatic N) is 2. The number of hydrogen-bond donors (Lipinski definition) is 0. The third-order valence-electron chi connectivity index (χ3n) is 3.20. The summed E-state index contributed by atoms with van der Waals surface area (Å²) in [6.07, 6.45) is 1.88. The van der Waals surface area contributed by atoms with Crippen molar-refractivity contribution in [3.63, 3.8) is 0 Å². The largest absolute Gasteiger partial charge is 0.466 e. The molecule has 0 unspecified atom stereocenters. The zero-order chi connectivity index (χ0) is 18.2. The van der Waals surface area contributed by atoms with Crippen LogP contribution < -0.4 is 0 Å². The molecule has 0 N–H and O–H groups in total. The van der Waals surface area contributed by atoms with E-state index in [1.807, 2.05) is 6.92 Å². The fourth-order valence-corrected chi connectivity index (χ4v) is 4.23. The third-order valence-corrected chi connectivity index (χ3v) is 5.51. The van der Waals surface area contributed by atoms with Crippen molar-refractivity contribution in [1.82, 2.24) is 9.97 Å². The number of pyridine rings is 1. The first-order valence-electron chi connectivity index (χ1n) is 7.90. The highest BCUT2D eigenvalue weighted by molar-refractivity contribution is 8.00. The summed E-state index contributed by atoms with van der Waals surface area (Å²) in [6, 6.07) is 3.42. The Bertz CT molecular complexity index is 746. The molecule has 0 aliphatic carbocycles. The van der Waals surface area contributed by atoms with Crippen molar-refractivity contribution in [1.29, 1.82) is 0 Å². The van der Waals surface area contributed by atoms with E-state index in [0.717, 1.165) is 14.9 Å². The molecule has 2 rings (SSSR count). The van der Waals surface area contributed by atoms with E-state index in [1.165, 1.54) is 23.1 Å². The third kappa shape index (κ3) is 5.54. The van der Waals surface area contributed by atoms with Gasteiger partial charge in [0.05, 0.1) is 36.6 Å². The average Bonchev–Trinajstić information content (AvgIpc) is 2.93. The van der Waals surface area contributed by atoms with Gasteiger partial charge in [-0.1, -0.05) is 11.8 Å². The molecule has 134 valence electrons. The number of ether oxygens (including phenoxy) is 2. The molecule has 0 amide bonds. The molecule has 0 aromatic carbocycles. The van der Waals surface area contributed by atoms with E-state index in [2.05, 4.69) is 9.97 Å². The number of aryl methyl sites for hydroxylation is 1. The van der Waals surface area contributed by atoms with Gasteiger partial charge in [-0.2, -0.15) is 0 Å². The molecule has 0 aliphatic rings. The first-order chi connectivity index (χ1) is 12.0. The fraction of sp³-hybridized carbons (Fsp3) is 0.412. The Balaban J connectivity index is 2.05. The SMILES string of the molecule is CCOC(=O)Cc1sc(SCc2ncccc2C(=O)OCC)nc1C. The highest BCUT2D eigenvalue weighted by Gasteiger charge is 2.16. The van der Waals surface area contributed by atoms with Gasteiger partial charge in [-0.15, -0.1) is 11.3 Å². The Kier molecular flexibility index (Phi) is 7.39. The highest BCUT2D eigenvalue weighted by Crippen LogP contribution is 2.30. The Morgan fingerprint density at radius 3 is 2.72 bits per heavy atom. The van der Waals surface area contributed by atoms with Crippen LogP contribution in [0.25, 0.3) is 0 Å². The van der Waals surface area contributed by atoms with Gasteiger partial charge in [-0.05, 0) is 32.9 Å². The van der Waals surface area contributed by atoms with Gasteiger partial charge in [0.15, 0.2) is 4.34 Å². The van der Waals surface area contributed by atoms with Crippen molar-refractivity contribution in [3.8, 4) is 0 Å². The van der Waals surface area contributed by atoms with E-state index in [0.29, 0.717) is 30.2 Å². The number of rotatable bonds is 8. The number of esters is 2. The zero-order valence-electron chi connectivity index (χ0n) is 14.4. The molecule has 25 heavy (non-hydrogen) atoms. The minimum absolute atomic E-state index is 0.232. The van der Waals surface area contributed by atoms with Gasteiger partial charge >= 0.3 is 11.9 Å². The fourth-order valence-electron chi connectivity index (χ4n) is 2.05. The lowest BCUT2D eigenvalue weighted by Crippen LogP contribution is -2.08. The van der Waals surface area contributed by atoms with Gasteiger partial charge in [0.25, 0.3) is 0 Å². The monoisotopic (exact) mass is 380 g/mol. The lowest BCUT2D eigenvalue weighted by molar-refractivity contribution is -0.142. The minimum Gasteiger partial charge on any atom is -0.466 e. The molecular weight excluding hydrogens is 360 g/mol. The number of hydrogen-bond acceptors (Lipinski definition) is 8. The van der Waals surface area contributed by atoms with Gasteiger partial charge in [-0.3, -0.25) is 9.78 Å². The molecule has 0 saturated heterocycles. The Morgan fingerprint density at radius 2 is 2.00 bits per heavy atom. The number of thiazole rings is 1. The predicted octanol–water partition coefficient (Wildman–Crippen LogP) is 3.42. The molecule has 0 bridgehead atoms. The maximum Gasteiger partial charge on any atom is 0.340 e. The van der Waals surface area contributed by atoms with Crippen LogP contribution in [0.4, 0.5) is 0 Å². The van der Waals surface area contributed by atoms with Gasteiger partial charge in [-0.25, -0.2) is 9.78 Å². The summed E-state index contributed by atoms with van der Waals surface area (Å²) >= 11 is 2.95. The van der Waals surface area contributed by atoms with Gasteiger partial charge < -0.3 is 9.47 Å². The van der Waals surface area contributed by atoms with E-state index in [1.54, 1.807) is 32.2 Å². The molecule has 8 heteroatoms. The summed E-state index contributed by atoms with van der Waals surface area (Å²) < 4.78 is 10.9. The van der Waals surface area contributed by atoms with Crippen LogP contribution in [0, 0.1) is 6.92 Å². The number of carbonyl (C=O) groups excluding carboxylic acids is 2. The molecule has 2 aromatic heterocycles. The second-order valence-electron chi connectivity index (χ2n) is 4.98. The average molecular weight is 380 g/mol. The van der Waals surface area contributed by atoms with E-state index in [9.17, 15) is 9.59 Å². The summed E-state index contributed by atoms with van der Waals surface area (Å²) in [4.78, 5) is 33.3. The molecule has 0 fully saturated rings. The molecule has 6 nitrogen and oxygen atoms in total. The standard InChI is InChI=1S/C17H20N2O4S2/c1-4-22-15(20)9-14-11(3)19-17(25-14)24-10-13-12(7-6-8-18-13)16(21)23-5-2/h6-8H,4-5,9-10H2,1-3H3. The second-order valence-corrected chi connectivity index (χ2v) is 7.28. The van der Waals surface area contributed by atoms with Crippen LogP contribution >= 0.6 is 23.1 Å². The van der Waals surface area contributed by atoms with Gasteiger partial charge in [0.2, 0.25) is 0 Å². The van der Waals surface area contributed by atoms with E-state index < -0.39 is 0 Å². The predicted molar refractivity (Wildman–Crippen MR) is 96.9 cm³/mol. The number of thioether (sulfide) groups is 1. The normalized spacial score (nSPS) is 10.5. The molecule has 0 atom stereocenters. The zero-order valence-corrected chi connectivity index (χ0v) is 16.0. The maximum atomic E-state index is 12.0. The van der Waals surface area contributed by atoms with Crippen LogP contribution in [0.5, 0.6) is 0 Å². The summed E-state index contributed by atoms with van der Waals surface area (Å²) in [5, 5.41) is 0. The van der Waals surface area contributed by atoms with E-state index in [-0.39, 0.29) is 18.4 Å². The maximum absolute atomic E-state index is 12.0. The number of aromatic nitrogens is 2. The summed E-state index contributed by atoms with van der Waals surface area (Å²) in [5.41, 5.74) is 1.95. The summed E-state index contributed by atoms with van der Waals surface area (Å²) in [5.74, 6) is -0.120. The van der Waals surface area contributed by atoms with Crippen LogP contribution in [0.15, 0.2) is 22.7 Å². The molecule has 2 heterocycles. The molecule has 0 aliphatic heterocycles. The van der Waals surface area contributed by atoms with Crippen molar-refractivity contribution in [3.05, 3.63) is 40.2 Å². The van der Waals surface area contributed by atoms with Crippen LogP contribution in [0.2, 0.25) is 0 Å². The summed E-state index contributed by atoms with van der Waals surface area (Å²) in [7, 11) is 0.